The molecule has 2 aromatic rings. The Labute approximate surface area is 156 Å². The lowest BCUT2D eigenvalue weighted by Gasteiger charge is -2.20. The Balaban J connectivity index is 2.12. The zero-order valence-corrected chi connectivity index (χ0v) is 16.2. The largest absolute Gasteiger partial charge is 0.376 e. The monoisotopic (exact) mass is 352 g/mol. The van der Waals surface area contributed by atoms with Gasteiger partial charge in [0.2, 0.25) is 5.91 Å². The third kappa shape index (κ3) is 4.94. The molecular formula is C22H28N2O2. The summed E-state index contributed by atoms with van der Waals surface area (Å²) in [5, 5.41) is 6.17. The normalized spacial score (nSPS) is 10.9. The molecule has 0 radical (unpaired) electrons. The Kier molecular flexibility index (Phi) is 6.56. The number of nitrogens with one attached hydrogen (secondary N) is 2. The number of carbonyl (C=O) groups excluding carboxylic acids is 2. The highest BCUT2D eigenvalue weighted by Crippen LogP contribution is 2.32. The van der Waals surface area contributed by atoms with Crippen molar-refractivity contribution in [2.45, 2.75) is 46.5 Å². The molecule has 0 saturated heterocycles. The predicted octanol–water partition coefficient (Wildman–Crippen LogP) is 5.19. The number of anilines is 2. The highest BCUT2D eigenvalue weighted by molar-refractivity contribution is 5.98. The van der Waals surface area contributed by atoms with Gasteiger partial charge in [-0.1, -0.05) is 58.0 Å². The minimum atomic E-state index is -0.140. The van der Waals surface area contributed by atoms with Crippen LogP contribution >= 0.6 is 0 Å². The second-order valence-corrected chi connectivity index (χ2v) is 7.16. The molecule has 0 unspecified atom stereocenters. The van der Waals surface area contributed by atoms with Crippen LogP contribution in [0.3, 0.4) is 0 Å². The summed E-state index contributed by atoms with van der Waals surface area (Å²) in [6.45, 7) is 10.3. The summed E-state index contributed by atoms with van der Waals surface area (Å²) in [6.07, 6.45) is 0. The quantitative estimate of drug-likeness (QED) is 0.675. The van der Waals surface area contributed by atoms with E-state index in [0.717, 1.165) is 5.69 Å². The van der Waals surface area contributed by atoms with Gasteiger partial charge >= 0.3 is 0 Å². The van der Waals surface area contributed by atoms with E-state index < -0.39 is 0 Å². The van der Waals surface area contributed by atoms with Crippen LogP contribution in [0.4, 0.5) is 11.4 Å². The van der Waals surface area contributed by atoms with E-state index in [1.807, 2.05) is 0 Å². The van der Waals surface area contributed by atoms with E-state index in [9.17, 15) is 9.59 Å². The number of Topliss-reactive ketones (excluding diaryl/α,β-unsaturated/α-hetero) is 1. The average Bonchev–Trinajstić information content (AvgIpc) is 2.59. The third-order valence-electron chi connectivity index (χ3n) is 4.35. The van der Waals surface area contributed by atoms with Crippen LogP contribution in [0.25, 0.3) is 0 Å². The number of benzene rings is 2. The number of hydrogen-bond acceptors (Lipinski definition) is 3. The van der Waals surface area contributed by atoms with Crippen LogP contribution in [-0.4, -0.2) is 18.2 Å². The number of ketones is 1. The van der Waals surface area contributed by atoms with E-state index in [4.69, 9.17) is 0 Å². The molecule has 0 aromatic heterocycles. The van der Waals surface area contributed by atoms with Gasteiger partial charge < -0.3 is 10.6 Å². The molecule has 0 spiro atoms. The highest BCUT2D eigenvalue weighted by atomic mass is 16.2. The zero-order valence-electron chi connectivity index (χ0n) is 16.2. The molecule has 0 saturated carbocycles. The van der Waals surface area contributed by atoms with Gasteiger partial charge in [0, 0.05) is 16.9 Å². The first-order chi connectivity index (χ1) is 12.3. The molecule has 2 aromatic carbocycles. The lowest BCUT2D eigenvalue weighted by Crippen LogP contribution is -2.23. The van der Waals surface area contributed by atoms with Crippen molar-refractivity contribution in [3.8, 4) is 0 Å². The molecule has 4 nitrogen and oxygen atoms in total. The van der Waals surface area contributed by atoms with Crippen LogP contribution in [0.15, 0.2) is 42.5 Å². The first kappa shape index (κ1) is 19.7. The van der Waals surface area contributed by atoms with E-state index in [2.05, 4.69) is 56.5 Å². The summed E-state index contributed by atoms with van der Waals surface area (Å²) in [7, 11) is 0. The van der Waals surface area contributed by atoms with Gasteiger partial charge in [0.1, 0.15) is 0 Å². The fourth-order valence-electron chi connectivity index (χ4n) is 2.94. The number of rotatable bonds is 7. The molecule has 1 amide bonds. The summed E-state index contributed by atoms with van der Waals surface area (Å²) in [4.78, 5) is 23.8. The molecule has 0 fully saturated rings. The topological polar surface area (TPSA) is 58.2 Å². The molecule has 2 N–H and O–H groups in total. The zero-order chi connectivity index (χ0) is 19.3. The Morgan fingerprint density at radius 2 is 1.50 bits per heavy atom. The van der Waals surface area contributed by atoms with E-state index in [1.54, 1.807) is 24.3 Å². The lowest BCUT2D eigenvalue weighted by molar-refractivity contribution is -0.114. The maximum Gasteiger partial charge on any atom is 0.243 e. The van der Waals surface area contributed by atoms with Crippen molar-refractivity contribution >= 4 is 23.1 Å². The van der Waals surface area contributed by atoms with Crippen LogP contribution in [0.2, 0.25) is 0 Å². The summed E-state index contributed by atoms with van der Waals surface area (Å²) < 4.78 is 0. The fraction of sp³-hybridized carbons (Fsp3) is 0.364. The molecule has 26 heavy (non-hydrogen) atoms. The van der Waals surface area contributed by atoms with Crippen molar-refractivity contribution < 1.29 is 9.59 Å². The molecule has 0 atom stereocenters. The molecule has 138 valence electrons. The van der Waals surface area contributed by atoms with Crippen molar-refractivity contribution in [1.29, 1.82) is 0 Å². The van der Waals surface area contributed by atoms with E-state index >= 15 is 0 Å². The molecular weight excluding hydrogens is 324 g/mol. The lowest BCUT2D eigenvalue weighted by atomic mass is 9.92. The van der Waals surface area contributed by atoms with Crippen LogP contribution in [0.5, 0.6) is 0 Å². The smallest absolute Gasteiger partial charge is 0.243 e. The first-order valence-electron chi connectivity index (χ1n) is 9.07. The fourth-order valence-corrected chi connectivity index (χ4v) is 2.94. The second kappa shape index (κ2) is 8.65. The Morgan fingerprint density at radius 1 is 0.923 bits per heavy atom. The van der Waals surface area contributed by atoms with Crippen molar-refractivity contribution in [2.24, 2.45) is 0 Å². The maximum atomic E-state index is 12.4. The summed E-state index contributed by atoms with van der Waals surface area (Å²) in [5.74, 6) is 0.573. The summed E-state index contributed by atoms with van der Waals surface area (Å²) in [5.41, 5.74) is 4.68. The van der Waals surface area contributed by atoms with Crippen LogP contribution in [-0.2, 0) is 4.79 Å². The number of carbonyl (C=O) groups is 2. The Morgan fingerprint density at radius 3 is 2.04 bits per heavy atom. The molecule has 0 bridgehead atoms. The summed E-state index contributed by atoms with van der Waals surface area (Å²) >= 11 is 0. The standard InChI is InChI=1S/C22H28N2O2/c1-14(2)19-10-7-11-20(15(3)4)22(19)23-13-21(26)24-18-9-6-8-17(12-18)16(5)25/h6-12,14-15,23H,13H2,1-5H3,(H,24,26). The maximum absolute atomic E-state index is 12.4. The van der Waals surface area contributed by atoms with Gasteiger partial charge in [0.05, 0.1) is 6.54 Å². The van der Waals surface area contributed by atoms with Crippen molar-refractivity contribution in [1.82, 2.24) is 0 Å². The third-order valence-corrected chi connectivity index (χ3v) is 4.35. The van der Waals surface area contributed by atoms with Crippen LogP contribution in [0, 0.1) is 0 Å². The average molecular weight is 352 g/mol. The van der Waals surface area contributed by atoms with Gasteiger partial charge in [-0.05, 0) is 42.0 Å². The van der Waals surface area contributed by atoms with Crippen molar-refractivity contribution in [2.75, 3.05) is 17.2 Å². The number of hydrogen-bond donors (Lipinski definition) is 2. The van der Waals surface area contributed by atoms with Gasteiger partial charge in [-0.2, -0.15) is 0 Å². The van der Waals surface area contributed by atoms with E-state index in [-0.39, 0.29) is 18.2 Å². The molecule has 4 heteroatoms. The van der Waals surface area contributed by atoms with E-state index in [1.165, 1.54) is 18.1 Å². The van der Waals surface area contributed by atoms with Gasteiger partial charge in [0.15, 0.2) is 5.78 Å². The SMILES string of the molecule is CC(=O)c1cccc(NC(=O)CNc2c(C(C)C)cccc2C(C)C)c1. The van der Waals surface area contributed by atoms with Crippen molar-refractivity contribution in [3.05, 3.63) is 59.2 Å². The second-order valence-electron chi connectivity index (χ2n) is 7.16. The van der Waals surface area contributed by atoms with Gasteiger partial charge in [-0.15, -0.1) is 0 Å². The molecule has 0 aliphatic heterocycles. The molecule has 0 aliphatic carbocycles. The summed E-state index contributed by atoms with van der Waals surface area (Å²) in [6, 6.07) is 13.3. The molecule has 0 aliphatic rings. The Bertz CT molecular complexity index is 768. The molecule has 0 heterocycles. The van der Waals surface area contributed by atoms with E-state index in [0.29, 0.717) is 23.1 Å². The minimum Gasteiger partial charge on any atom is -0.376 e. The minimum absolute atomic E-state index is 0.0216. The first-order valence-corrected chi connectivity index (χ1v) is 9.07. The van der Waals surface area contributed by atoms with Gasteiger partial charge in [-0.25, -0.2) is 0 Å². The van der Waals surface area contributed by atoms with Gasteiger partial charge in [0.25, 0.3) is 0 Å². The Hall–Kier alpha value is -2.62. The number of para-hydroxylation sites is 1. The predicted molar refractivity (Wildman–Crippen MR) is 108 cm³/mol. The van der Waals surface area contributed by atoms with Gasteiger partial charge in [-0.3, -0.25) is 9.59 Å². The number of amides is 1. The highest BCUT2D eigenvalue weighted by Gasteiger charge is 2.14. The van der Waals surface area contributed by atoms with Crippen molar-refractivity contribution in [3.63, 3.8) is 0 Å². The van der Waals surface area contributed by atoms with Crippen LogP contribution in [0.1, 0.15) is 67.9 Å². The van der Waals surface area contributed by atoms with Crippen LogP contribution < -0.4 is 10.6 Å². The molecule has 2 rings (SSSR count).